The van der Waals surface area contributed by atoms with Gasteiger partial charge in [-0.1, -0.05) is 44.0 Å². The summed E-state index contributed by atoms with van der Waals surface area (Å²) >= 11 is 12.4. The Morgan fingerprint density at radius 3 is 2.55 bits per heavy atom. The van der Waals surface area contributed by atoms with Crippen molar-refractivity contribution < 1.29 is 0 Å². The monoisotopic (exact) mass is 473 g/mol. The molecule has 1 aromatic heterocycles. The molecule has 5 heteroatoms. The van der Waals surface area contributed by atoms with E-state index in [4.69, 9.17) is 5.73 Å². The molecule has 0 spiro atoms. The molecule has 3 aromatic rings. The van der Waals surface area contributed by atoms with Crippen molar-refractivity contribution >= 4 is 69.2 Å². The Balaban J connectivity index is 2.15. The normalized spacial score (nSPS) is 12.8. The molecule has 1 heterocycles. The zero-order chi connectivity index (χ0) is 14.3. The Morgan fingerprint density at radius 1 is 0.950 bits per heavy atom. The van der Waals surface area contributed by atoms with Gasteiger partial charge in [-0.15, -0.1) is 11.3 Å². The molecule has 0 saturated carbocycles. The van der Waals surface area contributed by atoms with E-state index in [0.717, 1.165) is 24.5 Å². The highest BCUT2D eigenvalue weighted by Gasteiger charge is 2.17. The van der Waals surface area contributed by atoms with Crippen molar-refractivity contribution in [1.82, 2.24) is 0 Å². The molecule has 102 valence electrons. The topological polar surface area (TPSA) is 26.0 Å². The summed E-state index contributed by atoms with van der Waals surface area (Å²) < 4.78 is 4.42. The lowest BCUT2D eigenvalue weighted by Gasteiger charge is -2.14. The van der Waals surface area contributed by atoms with Gasteiger partial charge < -0.3 is 5.73 Å². The van der Waals surface area contributed by atoms with Crippen molar-refractivity contribution in [3.63, 3.8) is 0 Å². The number of fused-ring (bicyclic) bond motifs is 1. The Labute approximate surface area is 146 Å². The summed E-state index contributed by atoms with van der Waals surface area (Å²) in [4.78, 5) is 0. The SMILES string of the molecule is NC(c1cc(Br)ccc1Br)c1csc2c(Br)cccc12. The van der Waals surface area contributed by atoms with E-state index < -0.39 is 0 Å². The fraction of sp³-hybridized carbons (Fsp3) is 0.0667. The van der Waals surface area contributed by atoms with Crippen molar-refractivity contribution in [1.29, 1.82) is 0 Å². The zero-order valence-electron chi connectivity index (χ0n) is 10.2. The fourth-order valence-corrected chi connectivity index (χ4v) is 4.73. The second-order valence-electron chi connectivity index (χ2n) is 4.45. The van der Waals surface area contributed by atoms with Crippen molar-refractivity contribution in [2.24, 2.45) is 5.73 Å². The van der Waals surface area contributed by atoms with Crippen LogP contribution >= 0.6 is 59.1 Å². The van der Waals surface area contributed by atoms with E-state index in [-0.39, 0.29) is 6.04 Å². The average Bonchev–Trinajstić information content (AvgIpc) is 2.86. The van der Waals surface area contributed by atoms with Crippen molar-refractivity contribution in [3.8, 4) is 0 Å². The van der Waals surface area contributed by atoms with E-state index in [1.54, 1.807) is 11.3 Å². The van der Waals surface area contributed by atoms with Crippen LogP contribution in [0.3, 0.4) is 0 Å². The first kappa shape index (κ1) is 14.7. The van der Waals surface area contributed by atoms with E-state index in [1.807, 2.05) is 18.2 Å². The summed E-state index contributed by atoms with van der Waals surface area (Å²) in [5, 5.41) is 3.36. The molecule has 0 aliphatic heterocycles. The predicted molar refractivity (Wildman–Crippen MR) is 97.4 cm³/mol. The maximum atomic E-state index is 6.49. The number of nitrogens with two attached hydrogens (primary N) is 1. The lowest BCUT2D eigenvalue weighted by Crippen LogP contribution is -2.12. The highest BCUT2D eigenvalue weighted by atomic mass is 79.9. The van der Waals surface area contributed by atoms with E-state index in [9.17, 15) is 0 Å². The molecule has 0 saturated heterocycles. The third-order valence-electron chi connectivity index (χ3n) is 3.21. The fourth-order valence-electron chi connectivity index (χ4n) is 2.20. The van der Waals surface area contributed by atoms with E-state index in [1.165, 1.54) is 10.1 Å². The molecule has 3 rings (SSSR count). The first-order chi connectivity index (χ1) is 9.58. The summed E-state index contributed by atoms with van der Waals surface area (Å²) in [5.41, 5.74) is 8.73. The number of rotatable bonds is 2. The highest BCUT2D eigenvalue weighted by molar-refractivity contribution is 9.11. The van der Waals surface area contributed by atoms with Crippen LogP contribution < -0.4 is 5.73 Å². The minimum atomic E-state index is -0.148. The average molecular weight is 476 g/mol. The Hall–Kier alpha value is -0.200. The van der Waals surface area contributed by atoms with Crippen LogP contribution in [0.25, 0.3) is 10.1 Å². The van der Waals surface area contributed by atoms with Crippen LogP contribution in [0.4, 0.5) is 0 Å². The van der Waals surface area contributed by atoms with Gasteiger partial charge in [0.05, 0.1) is 6.04 Å². The van der Waals surface area contributed by atoms with Crippen LogP contribution in [0.1, 0.15) is 17.2 Å². The van der Waals surface area contributed by atoms with Crippen molar-refractivity contribution in [2.75, 3.05) is 0 Å². The van der Waals surface area contributed by atoms with E-state index in [2.05, 4.69) is 71.4 Å². The van der Waals surface area contributed by atoms with Crippen molar-refractivity contribution in [3.05, 3.63) is 66.3 Å². The van der Waals surface area contributed by atoms with E-state index >= 15 is 0 Å². The quantitative estimate of drug-likeness (QED) is 0.466. The molecule has 2 aromatic carbocycles. The van der Waals surface area contributed by atoms with Gasteiger partial charge in [0, 0.05) is 18.1 Å². The standard InChI is InChI=1S/C15H10Br3NS/c16-8-4-5-12(17)10(6-8)14(19)11-7-20-15-9(11)2-1-3-13(15)18/h1-7,14H,19H2. The minimum absolute atomic E-state index is 0.148. The van der Waals surface area contributed by atoms with Gasteiger partial charge in [0.2, 0.25) is 0 Å². The van der Waals surface area contributed by atoms with Gasteiger partial charge in [0.1, 0.15) is 0 Å². The molecule has 1 nitrogen and oxygen atoms in total. The minimum Gasteiger partial charge on any atom is -0.320 e. The van der Waals surface area contributed by atoms with E-state index in [0.29, 0.717) is 0 Å². The smallest absolute Gasteiger partial charge is 0.0577 e. The third kappa shape index (κ3) is 2.62. The maximum absolute atomic E-state index is 6.49. The number of hydrogen-bond donors (Lipinski definition) is 1. The largest absolute Gasteiger partial charge is 0.320 e. The Bertz CT molecular complexity index is 782. The van der Waals surface area contributed by atoms with Crippen LogP contribution in [0, 0.1) is 0 Å². The van der Waals surface area contributed by atoms with Gasteiger partial charge in [-0.3, -0.25) is 0 Å². The van der Waals surface area contributed by atoms with Crippen LogP contribution in [-0.4, -0.2) is 0 Å². The molecule has 2 N–H and O–H groups in total. The summed E-state index contributed by atoms with van der Waals surface area (Å²) in [6, 6.07) is 12.2. The molecule has 0 aliphatic carbocycles. The molecule has 0 radical (unpaired) electrons. The molecular formula is C15H10Br3NS. The summed E-state index contributed by atoms with van der Waals surface area (Å²) in [6.45, 7) is 0. The second kappa shape index (κ2) is 5.89. The molecule has 0 fully saturated rings. The molecule has 1 atom stereocenters. The second-order valence-corrected chi connectivity index (χ2v) is 7.96. The van der Waals surface area contributed by atoms with Crippen LogP contribution in [0.2, 0.25) is 0 Å². The Morgan fingerprint density at radius 2 is 1.75 bits per heavy atom. The lowest BCUT2D eigenvalue weighted by molar-refractivity contribution is 0.878. The van der Waals surface area contributed by atoms with Crippen LogP contribution in [0.5, 0.6) is 0 Å². The van der Waals surface area contributed by atoms with Crippen molar-refractivity contribution in [2.45, 2.75) is 6.04 Å². The number of thiophene rings is 1. The zero-order valence-corrected chi connectivity index (χ0v) is 15.8. The summed E-state index contributed by atoms with van der Waals surface area (Å²) in [7, 11) is 0. The molecular weight excluding hydrogens is 466 g/mol. The summed E-state index contributed by atoms with van der Waals surface area (Å²) in [6.07, 6.45) is 0. The third-order valence-corrected chi connectivity index (χ3v) is 6.40. The first-order valence-electron chi connectivity index (χ1n) is 5.94. The van der Waals surface area contributed by atoms with Gasteiger partial charge >= 0.3 is 0 Å². The van der Waals surface area contributed by atoms with Gasteiger partial charge in [-0.2, -0.15) is 0 Å². The molecule has 0 amide bonds. The lowest BCUT2D eigenvalue weighted by atomic mass is 9.99. The summed E-state index contributed by atoms with van der Waals surface area (Å²) in [5.74, 6) is 0. The molecule has 1 unspecified atom stereocenters. The number of hydrogen-bond acceptors (Lipinski definition) is 2. The maximum Gasteiger partial charge on any atom is 0.0577 e. The van der Waals surface area contributed by atoms with Crippen LogP contribution in [0.15, 0.2) is 55.2 Å². The molecule has 20 heavy (non-hydrogen) atoms. The van der Waals surface area contributed by atoms with Gasteiger partial charge in [0.15, 0.2) is 0 Å². The molecule has 0 aliphatic rings. The van der Waals surface area contributed by atoms with Gasteiger partial charge in [-0.25, -0.2) is 0 Å². The number of halogens is 3. The van der Waals surface area contributed by atoms with Gasteiger partial charge in [-0.05, 0) is 62.1 Å². The first-order valence-corrected chi connectivity index (χ1v) is 9.20. The predicted octanol–water partition coefficient (Wildman–Crippen LogP) is 6.24. The van der Waals surface area contributed by atoms with Crippen LogP contribution in [-0.2, 0) is 0 Å². The Kier molecular flexibility index (Phi) is 4.34. The van der Waals surface area contributed by atoms with Gasteiger partial charge in [0.25, 0.3) is 0 Å². The molecule has 0 bridgehead atoms. The number of benzene rings is 2. The highest BCUT2D eigenvalue weighted by Crippen LogP contribution is 2.38.